The number of benzene rings is 1. The van der Waals surface area contributed by atoms with Crippen LogP contribution in [-0.2, 0) is 7.05 Å². The van der Waals surface area contributed by atoms with E-state index in [4.69, 9.17) is 0 Å². The number of alkyl halides is 2. The zero-order valence-corrected chi connectivity index (χ0v) is 14.0. The van der Waals surface area contributed by atoms with Crippen LogP contribution >= 0.6 is 15.9 Å². The molecule has 0 atom stereocenters. The number of hydrogen-bond donors (Lipinski definition) is 0. The van der Waals surface area contributed by atoms with Gasteiger partial charge in [0, 0.05) is 37.5 Å². The first-order valence-corrected chi connectivity index (χ1v) is 7.87. The zero-order valence-electron chi connectivity index (χ0n) is 12.4. The zero-order chi connectivity index (χ0) is 16.1. The smallest absolute Gasteiger partial charge is 0.262 e. The van der Waals surface area contributed by atoms with Crippen LogP contribution in [0, 0.1) is 6.92 Å². The van der Waals surface area contributed by atoms with Crippen LogP contribution in [0.2, 0.25) is 0 Å². The molecule has 2 aromatic rings. The number of fused-ring (bicyclic) bond motifs is 1. The molecule has 22 heavy (non-hydrogen) atoms. The summed E-state index contributed by atoms with van der Waals surface area (Å²) in [6, 6.07) is 3.69. The van der Waals surface area contributed by atoms with Crippen molar-refractivity contribution in [1.29, 1.82) is 0 Å². The maximum Gasteiger partial charge on any atom is 0.262 e. The quantitative estimate of drug-likeness (QED) is 0.772. The van der Waals surface area contributed by atoms with Crippen molar-refractivity contribution in [1.82, 2.24) is 9.55 Å². The molecule has 0 spiro atoms. The number of nitrogens with zero attached hydrogens (tertiary/aromatic N) is 3. The number of aryl methyl sites for hydroxylation is 1. The van der Waals surface area contributed by atoms with Crippen molar-refractivity contribution in [3.8, 4) is 0 Å². The Morgan fingerprint density at radius 1 is 1.27 bits per heavy atom. The van der Waals surface area contributed by atoms with E-state index in [1.54, 1.807) is 18.0 Å². The molecule has 0 aliphatic carbocycles. The summed E-state index contributed by atoms with van der Waals surface area (Å²) in [5.41, 5.74) is 1.37. The van der Waals surface area contributed by atoms with E-state index >= 15 is 0 Å². The van der Waals surface area contributed by atoms with Gasteiger partial charge in [0.25, 0.3) is 11.5 Å². The second-order valence-corrected chi connectivity index (χ2v) is 6.62. The lowest BCUT2D eigenvalue weighted by atomic mass is 10.1. The molecule has 1 fully saturated rings. The fourth-order valence-electron chi connectivity index (χ4n) is 2.77. The standard InChI is InChI=1S/C15H16BrF2N3O/c1-9-7-10-12(11(16)8-9)19-14(20(2)13(10)22)21-5-3-15(17,18)4-6-21/h7-8H,3-6H2,1-2H3. The predicted octanol–water partition coefficient (Wildman–Crippen LogP) is 3.24. The van der Waals surface area contributed by atoms with Gasteiger partial charge < -0.3 is 4.90 Å². The first-order valence-electron chi connectivity index (χ1n) is 7.08. The third-order valence-corrected chi connectivity index (χ3v) is 4.64. The summed E-state index contributed by atoms with van der Waals surface area (Å²) in [4.78, 5) is 18.9. The van der Waals surface area contributed by atoms with Crippen LogP contribution in [0.5, 0.6) is 0 Å². The molecule has 3 rings (SSSR count). The van der Waals surface area contributed by atoms with Crippen molar-refractivity contribution in [2.24, 2.45) is 7.05 Å². The fraction of sp³-hybridized carbons (Fsp3) is 0.467. The van der Waals surface area contributed by atoms with Gasteiger partial charge in [-0.3, -0.25) is 9.36 Å². The van der Waals surface area contributed by atoms with Gasteiger partial charge in [0.1, 0.15) is 0 Å². The monoisotopic (exact) mass is 371 g/mol. The Morgan fingerprint density at radius 3 is 2.55 bits per heavy atom. The van der Waals surface area contributed by atoms with E-state index in [9.17, 15) is 13.6 Å². The van der Waals surface area contributed by atoms with Crippen LogP contribution in [0.15, 0.2) is 21.4 Å². The fourth-order valence-corrected chi connectivity index (χ4v) is 3.44. The lowest BCUT2D eigenvalue weighted by Gasteiger charge is -2.33. The number of piperidine rings is 1. The summed E-state index contributed by atoms with van der Waals surface area (Å²) in [5, 5.41) is 0.528. The van der Waals surface area contributed by atoms with Gasteiger partial charge in [-0.1, -0.05) is 0 Å². The predicted molar refractivity (Wildman–Crippen MR) is 85.8 cm³/mol. The molecule has 0 amide bonds. The highest BCUT2D eigenvalue weighted by molar-refractivity contribution is 9.10. The molecule has 2 heterocycles. The van der Waals surface area contributed by atoms with E-state index in [2.05, 4.69) is 20.9 Å². The summed E-state index contributed by atoms with van der Waals surface area (Å²) in [6.07, 6.45) is -0.425. The second-order valence-electron chi connectivity index (χ2n) is 5.76. The molecule has 0 radical (unpaired) electrons. The summed E-state index contributed by atoms with van der Waals surface area (Å²) in [7, 11) is 1.63. The van der Waals surface area contributed by atoms with Crippen LogP contribution in [0.1, 0.15) is 18.4 Å². The van der Waals surface area contributed by atoms with Gasteiger partial charge in [0.15, 0.2) is 0 Å². The third kappa shape index (κ3) is 2.62. The number of aromatic nitrogens is 2. The van der Waals surface area contributed by atoms with Crippen molar-refractivity contribution in [2.45, 2.75) is 25.7 Å². The van der Waals surface area contributed by atoms with Gasteiger partial charge in [-0.2, -0.15) is 0 Å². The maximum absolute atomic E-state index is 13.3. The average Bonchev–Trinajstić information content (AvgIpc) is 2.44. The largest absolute Gasteiger partial charge is 0.342 e. The number of rotatable bonds is 1. The molecule has 118 valence electrons. The Labute approximate surface area is 134 Å². The summed E-state index contributed by atoms with van der Waals surface area (Å²) < 4.78 is 28.8. The van der Waals surface area contributed by atoms with E-state index < -0.39 is 5.92 Å². The number of hydrogen-bond acceptors (Lipinski definition) is 3. The highest BCUT2D eigenvalue weighted by Gasteiger charge is 2.35. The van der Waals surface area contributed by atoms with Gasteiger partial charge in [0.05, 0.1) is 10.9 Å². The highest BCUT2D eigenvalue weighted by Crippen LogP contribution is 2.30. The molecule has 1 aromatic carbocycles. The molecule has 0 saturated carbocycles. The number of halogens is 3. The minimum Gasteiger partial charge on any atom is -0.342 e. The molecular weight excluding hydrogens is 356 g/mol. The molecule has 0 unspecified atom stereocenters. The number of anilines is 1. The van der Waals surface area contributed by atoms with Crippen molar-refractivity contribution >= 4 is 32.8 Å². The van der Waals surface area contributed by atoms with Crippen molar-refractivity contribution in [3.05, 3.63) is 32.5 Å². The minimum absolute atomic E-state index is 0.165. The molecule has 1 aromatic heterocycles. The molecule has 1 aliphatic heterocycles. The van der Waals surface area contributed by atoms with Crippen molar-refractivity contribution < 1.29 is 8.78 Å². The Bertz CT molecular complexity index is 793. The van der Waals surface area contributed by atoms with Crippen molar-refractivity contribution in [3.63, 3.8) is 0 Å². The highest BCUT2D eigenvalue weighted by atomic mass is 79.9. The molecule has 4 nitrogen and oxygen atoms in total. The SMILES string of the molecule is Cc1cc(Br)c2nc(N3CCC(F)(F)CC3)n(C)c(=O)c2c1. The molecule has 0 bridgehead atoms. The molecule has 7 heteroatoms. The van der Waals surface area contributed by atoms with Gasteiger partial charge in [-0.25, -0.2) is 13.8 Å². The topological polar surface area (TPSA) is 38.1 Å². The summed E-state index contributed by atoms with van der Waals surface area (Å²) >= 11 is 3.43. The summed E-state index contributed by atoms with van der Waals surface area (Å²) in [5.74, 6) is -2.18. The summed E-state index contributed by atoms with van der Waals surface area (Å²) in [6.45, 7) is 2.30. The van der Waals surface area contributed by atoms with Crippen molar-refractivity contribution in [2.75, 3.05) is 18.0 Å². The Balaban J connectivity index is 2.12. The second kappa shape index (κ2) is 5.30. The van der Waals surface area contributed by atoms with Crippen LogP contribution in [0.25, 0.3) is 10.9 Å². The van der Waals surface area contributed by atoms with Gasteiger partial charge in [-0.15, -0.1) is 0 Å². The molecule has 0 N–H and O–H groups in total. The van der Waals surface area contributed by atoms with E-state index in [1.807, 2.05) is 13.0 Å². The lowest BCUT2D eigenvalue weighted by molar-refractivity contribution is -0.0223. The van der Waals surface area contributed by atoms with Gasteiger partial charge in [0.2, 0.25) is 5.95 Å². The Kier molecular flexibility index (Phi) is 3.71. The first-order chi connectivity index (χ1) is 10.3. The lowest BCUT2D eigenvalue weighted by Crippen LogP contribution is -2.42. The molecule has 1 saturated heterocycles. The van der Waals surface area contributed by atoms with E-state index in [-0.39, 0.29) is 31.5 Å². The molecule has 1 aliphatic rings. The Hall–Kier alpha value is -1.50. The van der Waals surface area contributed by atoms with E-state index in [0.29, 0.717) is 16.9 Å². The van der Waals surface area contributed by atoms with Gasteiger partial charge in [-0.05, 0) is 40.5 Å². The minimum atomic E-state index is -2.62. The maximum atomic E-state index is 13.3. The van der Waals surface area contributed by atoms with Crippen LogP contribution in [-0.4, -0.2) is 28.6 Å². The van der Waals surface area contributed by atoms with Crippen LogP contribution in [0.3, 0.4) is 0 Å². The van der Waals surface area contributed by atoms with Crippen LogP contribution < -0.4 is 10.5 Å². The van der Waals surface area contributed by atoms with E-state index in [1.165, 1.54) is 4.57 Å². The normalized spacial score (nSPS) is 18.0. The van der Waals surface area contributed by atoms with Gasteiger partial charge >= 0.3 is 0 Å². The third-order valence-electron chi connectivity index (χ3n) is 4.03. The van der Waals surface area contributed by atoms with E-state index in [0.717, 1.165) is 10.0 Å². The average molecular weight is 372 g/mol. The molecular formula is C15H16BrF2N3O. The van der Waals surface area contributed by atoms with Crippen LogP contribution in [0.4, 0.5) is 14.7 Å². The Morgan fingerprint density at radius 2 is 1.91 bits per heavy atom. The first kappa shape index (κ1) is 15.4.